The quantitative estimate of drug-likeness (QED) is 0.173. The molecule has 14 rings (SSSR count). The number of benzene rings is 10. The summed E-state index contributed by atoms with van der Waals surface area (Å²) >= 11 is 0. The van der Waals surface area contributed by atoms with Crippen molar-refractivity contribution in [2.45, 2.75) is 0 Å². The molecule has 4 aromatic heterocycles. The number of hydrogen-bond donors (Lipinski definition) is 0. The van der Waals surface area contributed by atoms with Gasteiger partial charge >= 0.3 is 0 Å². The second-order valence-electron chi connectivity index (χ2n) is 17.6. The van der Waals surface area contributed by atoms with E-state index in [0.29, 0.717) is 11.1 Å². The fourth-order valence-electron chi connectivity index (χ4n) is 10.9. The smallest absolute Gasteiger partial charge is 0.137 e. The predicted molar refractivity (Wildman–Crippen MR) is 277 cm³/mol. The van der Waals surface area contributed by atoms with Crippen LogP contribution < -0.4 is 0 Å². The van der Waals surface area contributed by atoms with E-state index in [2.05, 4.69) is 202 Å². The summed E-state index contributed by atoms with van der Waals surface area (Å²) in [6.45, 7) is 0. The SMILES string of the molecule is N#Cc1cc(C#N)cc(-c2cccc(-c3cc(-n4c5ccccc5c5cc6c(cc54)oc4ccccc46)cc(-n4c5ccccc5c5c4ccc4c6ccccc6n(-c6ccccc6)c45)c3)c2)c1. The lowest BCUT2D eigenvalue weighted by atomic mass is 9.96. The molecule has 0 aliphatic carbocycles. The normalized spacial score (nSPS) is 11.8. The van der Waals surface area contributed by atoms with Crippen molar-refractivity contribution in [1.29, 1.82) is 10.5 Å². The summed E-state index contributed by atoms with van der Waals surface area (Å²) in [6, 6.07) is 79.2. The highest BCUT2D eigenvalue weighted by Crippen LogP contribution is 2.44. The number of fused-ring (bicyclic) bond motifs is 13. The van der Waals surface area contributed by atoms with Crippen LogP contribution in [0.1, 0.15) is 11.1 Å². The maximum absolute atomic E-state index is 9.90. The third-order valence-corrected chi connectivity index (χ3v) is 13.8. The number of nitrogens with zero attached hydrogens (tertiary/aromatic N) is 5. The molecule has 0 fully saturated rings. The molecule has 0 spiro atoms. The topological polar surface area (TPSA) is 75.5 Å². The first kappa shape index (κ1) is 37.7. The van der Waals surface area contributed by atoms with Gasteiger partial charge in [-0.15, -0.1) is 0 Å². The summed E-state index contributed by atoms with van der Waals surface area (Å²) in [4.78, 5) is 0. The number of furan rings is 1. The molecular weight excluding hydrogens is 831 g/mol. The van der Waals surface area contributed by atoms with Crippen molar-refractivity contribution >= 4 is 87.4 Å². The largest absolute Gasteiger partial charge is 0.456 e. The summed E-state index contributed by atoms with van der Waals surface area (Å²) in [5.41, 5.74) is 16.1. The van der Waals surface area contributed by atoms with Gasteiger partial charge in [-0.3, -0.25) is 0 Å². The van der Waals surface area contributed by atoms with Crippen molar-refractivity contribution in [3.8, 4) is 51.5 Å². The summed E-state index contributed by atoms with van der Waals surface area (Å²) < 4.78 is 13.8. The molecule has 0 saturated heterocycles. The molecule has 68 heavy (non-hydrogen) atoms. The molecule has 0 amide bonds. The molecule has 10 aromatic carbocycles. The minimum absolute atomic E-state index is 0.449. The standard InChI is InChI=1S/C62H35N5O/c63-36-38-27-39(37-64)29-42(28-38)40-13-12-14-41(30-40)43-31-45(33-46(32-43)66-54-21-8-5-18-48(54)52-34-53-49-19-7-11-24-59(49)68-60(53)35-58(52)66)65-56-23-10-6-20-51(56)61-57(65)26-25-50-47-17-4-9-22-55(47)67(62(50)61)44-15-2-1-3-16-44/h1-35H. The van der Waals surface area contributed by atoms with Crippen LogP contribution in [0.4, 0.5) is 0 Å². The van der Waals surface area contributed by atoms with E-state index in [0.717, 1.165) is 105 Å². The zero-order valence-corrected chi connectivity index (χ0v) is 36.4. The zero-order chi connectivity index (χ0) is 45.0. The summed E-state index contributed by atoms with van der Waals surface area (Å²) in [5, 5.41) is 29.0. The molecule has 6 heteroatoms. The van der Waals surface area contributed by atoms with Crippen LogP contribution in [0.25, 0.3) is 127 Å². The Balaban J connectivity index is 1.09. The number of para-hydroxylation sites is 5. The molecular formula is C62H35N5O. The van der Waals surface area contributed by atoms with Crippen molar-refractivity contribution < 1.29 is 4.42 Å². The first-order valence-corrected chi connectivity index (χ1v) is 22.7. The van der Waals surface area contributed by atoms with E-state index in [9.17, 15) is 10.5 Å². The van der Waals surface area contributed by atoms with E-state index < -0.39 is 0 Å². The second-order valence-corrected chi connectivity index (χ2v) is 17.6. The molecule has 0 aliphatic heterocycles. The number of nitriles is 2. The molecule has 0 N–H and O–H groups in total. The van der Waals surface area contributed by atoms with Crippen LogP contribution in [0.2, 0.25) is 0 Å². The van der Waals surface area contributed by atoms with E-state index in [1.165, 1.54) is 21.7 Å². The highest BCUT2D eigenvalue weighted by Gasteiger charge is 2.23. The third kappa shape index (κ3) is 5.50. The Morgan fingerprint density at radius 2 is 0.882 bits per heavy atom. The molecule has 14 aromatic rings. The first-order valence-electron chi connectivity index (χ1n) is 22.7. The average molecular weight is 866 g/mol. The van der Waals surface area contributed by atoms with Crippen LogP contribution in [0, 0.1) is 22.7 Å². The van der Waals surface area contributed by atoms with Gasteiger partial charge in [0, 0.05) is 66.2 Å². The Labute approximate surface area is 389 Å². The van der Waals surface area contributed by atoms with Gasteiger partial charge < -0.3 is 18.1 Å². The van der Waals surface area contributed by atoms with Crippen LogP contribution in [0.15, 0.2) is 217 Å². The molecule has 0 unspecified atom stereocenters. The second kappa shape index (κ2) is 14.4. The molecule has 314 valence electrons. The Morgan fingerprint density at radius 3 is 1.59 bits per heavy atom. The number of aromatic nitrogens is 3. The number of hydrogen-bond acceptors (Lipinski definition) is 3. The minimum atomic E-state index is 0.449. The summed E-state index contributed by atoms with van der Waals surface area (Å²) in [5.74, 6) is 0. The minimum Gasteiger partial charge on any atom is -0.456 e. The lowest BCUT2D eigenvalue weighted by Gasteiger charge is -2.16. The first-order chi connectivity index (χ1) is 33.6. The van der Waals surface area contributed by atoms with Crippen molar-refractivity contribution in [3.05, 3.63) is 223 Å². The number of rotatable bonds is 5. The monoisotopic (exact) mass is 865 g/mol. The molecule has 0 radical (unpaired) electrons. The van der Waals surface area contributed by atoms with Gasteiger partial charge in [0.25, 0.3) is 0 Å². The van der Waals surface area contributed by atoms with Gasteiger partial charge in [-0.25, -0.2) is 0 Å². The molecule has 0 bridgehead atoms. The third-order valence-electron chi connectivity index (χ3n) is 13.8. The van der Waals surface area contributed by atoms with Gasteiger partial charge in [-0.05, 0) is 113 Å². The summed E-state index contributed by atoms with van der Waals surface area (Å²) in [6.07, 6.45) is 0. The van der Waals surface area contributed by atoms with Crippen LogP contribution in [-0.2, 0) is 0 Å². The van der Waals surface area contributed by atoms with Gasteiger partial charge in [-0.1, -0.05) is 115 Å². The van der Waals surface area contributed by atoms with E-state index in [1.807, 2.05) is 30.3 Å². The fourth-order valence-corrected chi connectivity index (χ4v) is 10.9. The maximum atomic E-state index is 9.90. The van der Waals surface area contributed by atoms with Gasteiger partial charge in [0.1, 0.15) is 11.2 Å². The molecule has 4 heterocycles. The van der Waals surface area contributed by atoms with Crippen molar-refractivity contribution in [1.82, 2.24) is 13.7 Å². The van der Waals surface area contributed by atoms with E-state index in [4.69, 9.17) is 4.42 Å². The van der Waals surface area contributed by atoms with Gasteiger partial charge in [0.15, 0.2) is 0 Å². The van der Waals surface area contributed by atoms with Gasteiger partial charge in [0.05, 0.1) is 56.4 Å². The summed E-state index contributed by atoms with van der Waals surface area (Å²) in [7, 11) is 0. The molecule has 6 nitrogen and oxygen atoms in total. The van der Waals surface area contributed by atoms with E-state index in [-0.39, 0.29) is 0 Å². The Hall–Kier alpha value is -9.62. The Morgan fingerprint density at radius 1 is 0.309 bits per heavy atom. The molecule has 0 saturated carbocycles. The Kier molecular flexibility index (Phi) is 8.01. The van der Waals surface area contributed by atoms with Crippen LogP contribution in [-0.4, -0.2) is 13.7 Å². The van der Waals surface area contributed by atoms with Crippen LogP contribution >= 0.6 is 0 Å². The fraction of sp³-hybridized carbons (Fsp3) is 0. The molecule has 0 atom stereocenters. The molecule has 0 aliphatic rings. The van der Waals surface area contributed by atoms with Crippen LogP contribution in [0.5, 0.6) is 0 Å². The average Bonchev–Trinajstić information content (AvgIpc) is 4.14. The van der Waals surface area contributed by atoms with Crippen LogP contribution in [0.3, 0.4) is 0 Å². The highest BCUT2D eigenvalue weighted by atomic mass is 16.3. The zero-order valence-electron chi connectivity index (χ0n) is 36.4. The van der Waals surface area contributed by atoms with Crippen molar-refractivity contribution in [3.63, 3.8) is 0 Å². The predicted octanol–water partition coefficient (Wildman–Crippen LogP) is 16.0. The van der Waals surface area contributed by atoms with E-state index >= 15 is 0 Å². The highest BCUT2D eigenvalue weighted by molar-refractivity contribution is 6.26. The lowest BCUT2D eigenvalue weighted by molar-refractivity contribution is 0.669. The van der Waals surface area contributed by atoms with Gasteiger partial charge in [-0.2, -0.15) is 10.5 Å². The maximum Gasteiger partial charge on any atom is 0.137 e. The van der Waals surface area contributed by atoms with Crippen molar-refractivity contribution in [2.24, 2.45) is 0 Å². The van der Waals surface area contributed by atoms with E-state index in [1.54, 1.807) is 6.07 Å². The van der Waals surface area contributed by atoms with Gasteiger partial charge in [0.2, 0.25) is 0 Å². The Bertz CT molecular complexity index is 4500. The lowest BCUT2D eigenvalue weighted by Crippen LogP contribution is -2.00. The van der Waals surface area contributed by atoms with Crippen molar-refractivity contribution in [2.75, 3.05) is 0 Å².